The first-order valence-electron chi connectivity index (χ1n) is 8.06. The van der Waals surface area contributed by atoms with Crippen LogP contribution in [0.25, 0.3) is 5.82 Å². The van der Waals surface area contributed by atoms with Crippen LogP contribution in [0.5, 0.6) is 0 Å². The lowest BCUT2D eigenvalue weighted by Crippen LogP contribution is -2.57. The number of pyridine rings is 1. The van der Waals surface area contributed by atoms with Gasteiger partial charge < -0.3 is 10.6 Å². The highest BCUT2D eigenvalue weighted by Crippen LogP contribution is 2.24. The molecule has 3 rings (SSSR count). The summed E-state index contributed by atoms with van der Waals surface area (Å²) in [4.78, 5) is 21.5. The number of rotatable bonds is 5. The van der Waals surface area contributed by atoms with Crippen molar-refractivity contribution in [2.45, 2.75) is 12.2 Å². The van der Waals surface area contributed by atoms with E-state index in [1.807, 2.05) is 0 Å². The van der Waals surface area contributed by atoms with Crippen molar-refractivity contribution in [3.05, 3.63) is 36.5 Å². The van der Waals surface area contributed by atoms with E-state index in [0.717, 1.165) is 0 Å². The number of halogens is 5. The quantitative estimate of drug-likeness (QED) is 0.721. The second kappa shape index (κ2) is 10.6. The molecule has 0 radical (unpaired) electrons. The van der Waals surface area contributed by atoms with E-state index < -0.39 is 24.7 Å². The predicted molar refractivity (Wildman–Crippen MR) is 100 cm³/mol. The molecule has 28 heavy (non-hydrogen) atoms. The van der Waals surface area contributed by atoms with Crippen LogP contribution in [0.15, 0.2) is 31.0 Å². The zero-order valence-corrected chi connectivity index (χ0v) is 16.2. The van der Waals surface area contributed by atoms with Crippen molar-refractivity contribution in [3.63, 3.8) is 0 Å². The topological polar surface area (TPSA) is 88.0 Å². The molecule has 0 saturated carbocycles. The Labute approximate surface area is 171 Å². The van der Waals surface area contributed by atoms with Crippen LogP contribution in [0.1, 0.15) is 10.4 Å². The Balaban J connectivity index is 0.00000196. The summed E-state index contributed by atoms with van der Waals surface area (Å²) in [6, 6.07) is 1.16. The standard InChI is InChI=1S/C15H18F3N7O.2ClH/c16-15(17,18)12(24-5-3-19-4-6-24)8-22-14(26)11-1-2-21-13(7-11)25-10-20-9-23-25;;/h1-2,7,9-10,12,19H,3-6,8H2,(H,22,26);2*1H. The van der Waals surface area contributed by atoms with Gasteiger partial charge in [-0.1, -0.05) is 0 Å². The Hall–Kier alpha value is -1.95. The summed E-state index contributed by atoms with van der Waals surface area (Å²) in [7, 11) is 0. The van der Waals surface area contributed by atoms with E-state index >= 15 is 0 Å². The van der Waals surface area contributed by atoms with Crippen LogP contribution in [0.4, 0.5) is 13.2 Å². The second-order valence-corrected chi connectivity index (χ2v) is 5.80. The average Bonchev–Trinajstić information content (AvgIpc) is 3.16. The highest BCUT2D eigenvalue weighted by Gasteiger charge is 2.43. The monoisotopic (exact) mass is 441 g/mol. The number of nitrogens with zero attached hydrogens (tertiary/aromatic N) is 5. The van der Waals surface area contributed by atoms with Crippen LogP contribution < -0.4 is 10.6 Å². The molecule has 13 heteroatoms. The molecule has 3 heterocycles. The summed E-state index contributed by atoms with van der Waals surface area (Å²) in [5, 5.41) is 9.30. The van der Waals surface area contributed by atoms with Gasteiger partial charge in [0, 0.05) is 44.5 Å². The van der Waals surface area contributed by atoms with Crippen molar-refractivity contribution in [1.29, 1.82) is 0 Å². The smallest absolute Gasteiger partial charge is 0.350 e. The highest BCUT2D eigenvalue weighted by molar-refractivity contribution is 5.94. The number of alkyl halides is 3. The van der Waals surface area contributed by atoms with Gasteiger partial charge in [-0.15, -0.1) is 24.8 Å². The molecule has 2 aromatic heterocycles. The van der Waals surface area contributed by atoms with Gasteiger partial charge in [0.15, 0.2) is 5.82 Å². The third-order valence-electron chi connectivity index (χ3n) is 4.09. The molecule has 0 aliphatic carbocycles. The van der Waals surface area contributed by atoms with Crippen LogP contribution in [-0.4, -0.2) is 75.5 Å². The number of carbonyl (C=O) groups excluding carboxylic acids is 1. The van der Waals surface area contributed by atoms with Gasteiger partial charge >= 0.3 is 6.18 Å². The van der Waals surface area contributed by atoms with Crippen molar-refractivity contribution in [3.8, 4) is 5.82 Å². The number of piperazine rings is 1. The minimum absolute atomic E-state index is 0. The molecule has 156 valence electrons. The van der Waals surface area contributed by atoms with Crippen molar-refractivity contribution in [2.24, 2.45) is 0 Å². The van der Waals surface area contributed by atoms with Gasteiger partial charge in [0.05, 0.1) is 0 Å². The molecule has 1 saturated heterocycles. The Bertz CT molecular complexity index is 739. The van der Waals surface area contributed by atoms with E-state index in [1.54, 1.807) is 0 Å². The minimum Gasteiger partial charge on any atom is -0.350 e. The maximum atomic E-state index is 13.4. The molecule has 0 aromatic carbocycles. The van der Waals surface area contributed by atoms with Gasteiger partial charge in [-0.25, -0.2) is 14.6 Å². The van der Waals surface area contributed by atoms with E-state index in [0.29, 0.717) is 18.9 Å². The first kappa shape index (κ1) is 24.1. The van der Waals surface area contributed by atoms with Crippen molar-refractivity contribution >= 4 is 30.7 Å². The zero-order chi connectivity index (χ0) is 18.6. The summed E-state index contributed by atoms with van der Waals surface area (Å²) in [6.45, 7) is 1.04. The number of amides is 1. The van der Waals surface area contributed by atoms with Gasteiger partial charge in [0.1, 0.15) is 18.7 Å². The number of aromatic nitrogens is 4. The van der Waals surface area contributed by atoms with E-state index in [2.05, 4.69) is 25.7 Å². The summed E-state index contributed by atoms with van der Waals surface area (Å²) in [5.74, 6) is -0.247. The van der Waals surface area contributed by atoms with Crippen molar-refractivity contribution in [2.75, 3.05) is 32.7 Å². The minimum atomic E-state index is -4.42. The zero-order valence-electron chi connectivity index (χ0n) is 14.6. The molecule has 2 N–H and O–H groups in total. The third kappa shape index (κ3) is 6.03. The lowest BCUT2D eigenvalue weighted by molar-refractivity contribution is -0.183. The molecule has 0 bridgehead atoms. The Morgan fingerprint density at radius 1 is 1.29 bits per heavy atom. The summed E-state index contributed by atoms with van der Waals surface area (Å²) >= 11 is 0. The summed E-state index contributed by atoms with van der Waals surface area (Å²) < 4.78 is 41.5. The lowest BCUT2D eigenvalue weighted by Gasteiger charge is -2.35. The Morgan fingerprint density at radius 3 is 2.61 bits per heavy atom. The van der Waals surface area contributed by atoms with Crippen LogP contribution in [0.2, 0.25) is 0 Å². The van der Waals surface area contributed by atoms with Crippen LogP contribution in [0.3, 0.4) is 0 Å². The second-order valence-electron chi connectivity index (χ2n) is 5.80. The van der Waals surface area contributed by atoms with Crippen LogP contribution in [-0.2, 0) is 0 Å². The number of nitrogens with one attached hydrogen (secondary N) is 2. The molecule has 1 aliphatic rings. The first-order valence-corrected chi connectivity index (χ1v) is 8.06. The molecule has 1 fully saturated rings. The van der Waals surface area contributed by atoms with E-state index in [9.17, 15) is 18.0 Å². The predicted octanol–water partition coefficient (Wildman–Crippen LogP) is 1.07. The SMILES string of the molecule is Cl.Cl.O=C(NCC(N1CCNCC1)C(F)(F)F)c1ccnc(-n2cncn2)c1. The van der Waals surface area contributed by atoms with E-state index in [1.165, 1.54) is 40.6 Å². The fraction of sp³-hybridized carbons (Fsp3) is 0.467. The normalized spacial score (nSPS) is 15.8. The summed E-state index contributed by atoms with van der Waals surface area (Å²) in [6.07, 6.45) is -0.303. The molecule has 0 spiro atoms. The first-order chi connectivity index (χ1) is 12.4. The Kier molecular flexibility index (Phi) is 9.08. The van der Waals surface area contributed by atoms with Gasteiger partial charge in [-0.05, 0) is 12.1 Å². The maximum absolute atomic E-state index is 13.4. The molecule has 2 aromatic rings. The number of hydrogen-bond acceptors (Lipinski definition) is 6. The molecule has 1 aliphatic heterocycles. The molecule has 8 nitrogen and oxygen atoms in total. The van der Waals surface area contributed by atoms with E-state index in [-0.39, 0.29) is 43.5 Å². The molecular formula is C15H20Cl2F3N7O. The highest BCUT2D eigenvalue weighted by atomic mass is 35.5. The molecule has 1 atom stereocenters. The molecule has 1 unspecified atom stereocenters. The number of hydrogen-bond donors (Lipinski definition) is 2. The van der Waals surface area contributed by atoms with Crippen molar-refractivity contribution in [1.82, 2.24) is 35.3 Å². The molecule has 1 amide bonds. The molecular weight excluding hydrogens is 422 g/mol. The fourth-order valence-corrected chi connectivity index (χ4v) is 2.75. The largest absolute Gasteiger partial charge is 0.405 e. The number of carbonyl (C=O) groups is 1. The van der Waals surface area contributed by atoms with Crippen molar-refractivity contribution < 1.29 is 18.0 Å². The van der Waals surface area contributed by atoms with E-state index in [4.69, 9.17) is 0 Å². The Morgan fingerprint density at radius 2 is 2.00 bits per heavy atom. The average molecular weight is 442 g/mol. The van der Waals surface area contributed by atoms with Gasteiger partial charge in [-0.2, -0.15) is 18.3 Å². The van der Waals surface area contributed by atoms with Gasteiger partial charge in [-0.3, -0.25) is 9.69 Å². The van der Waals surface area contributed by atoms with Gasteiger partial charge in [0.25, 0.3) is 5.91 Å². The van der Waals surface area contributed by atoms with Crippen LogP contribution in [0, 0.1) is 0 Å². The maximum Gasteiger partial charge on any atom is 0.405 e. The van der Waals surface area contributed by atoms with Gasteiger partial charge in [0.2, 0.25) is 0 Å². The lowest BCUT2D eigenvalue weighted by atomic mass is 10.2. The fourth-order valence-electron chi connectivity index (χ4n) is 2.75. The van der Waals surface area contributed by atoms with Crippen LogP contribution >= 0.6 is 24.8 Å². The summed E-state index contributed by atoms with van der Waals surface area (Å²) in [5.41, 5.74) is 0.201. The third-order valence-corrected chi connectivity index (χ3v) is 4.09.